The molecule has 4 rings (SSSR count). The number of anilines is 2. The van der Waals surface area contributed by atoms with E-state index in [4.69, 9.17) is 9.97 Å². The quantitative estimate of drug-likeness (QED) is 0.393. The second-order valence-corrected chi connectivity index (χ2v) is 7.22. The van der Waals surface area contributed by atoms with Crippen LogP contribution in [0.25, 0.3) is 22.6 Å². The molecule has 32 heavy (non-hydrogen) atoms. The highest BCUT2D eigenvalue weighted by Gasteiger charge is 2.17. The average Bonchev–Trinajstić information content (AvgIpc) is 2.86. The van der Waals surface area contributed by atoms with Crippen LogP contribution < -0.4 is 10.6 Å². The topological polar surface area (TPSA) is 84.0 Å². The zero-order valence-corrected chi connectivity index (χ0v) is 17.6. The number of para-hydroxylation sites is 1. The van der Waals surface area contributed by atoms with Crippen LogP contribution >= 0.6 is 0 Å². The second kappa shape index (κ2) is 9.76. The van der Waals surface area contributed by atoms with Crippen LogP contribution in [0.15, 0.2) is 78.9 Å². The lowest BCUT2D eigenvalue weighted by Gasteiger charge is -2.17. The van der Waals surface area contributed by atoms with Crippen LogP contribution in [0.2, 0.25) is 0 Å². The molecule has 0 radical (unpaired) electrons. The van der Waals surface area contributed by atoms with E-state index in [1.165, 1.54) is 0 Å². The van der Waals surface area contributed by atoms with Crippen LogP contribution in [-0.2, 0) is 6.54 Å². The van der Waals surface area contributed by atoms with Crippen LogP contribution in [0.3, 0.4) is 0 Å². The van der Waals surface area contributed by atoms with Gasteiger partial charge in [0.2, 0.25) is 0 Å². The minimum atomic E-state index is 0.537. The molecule has 0 aliphatic carbocycles. The molecule has 6 heteroatoms. The Labute approximate surface area is 186 Å². The van der Waals surface area contributed by atoms with Crippen molar-refractivity contribution in [3.63, 3.8) is 0 Å². The summed E-state index contributed by atoms with van der Waals surface area (Å²) in [5.74, 6) is 1.22. The third kappa shape index (κ3) is 4.61. The monoisotopic (exact) mass is 422 g/mol. The second-order valence-electron chi connectivity index (χ2n) is 7.22. The summed E-state index contributed by atoms with van der Waals surface area (Å²) in [6.45, 7) is 0.546. The Bertz CT molecular complexity index is 1220. The highest BCUT2D eigenvalue weighted by Crippen LogP contribution is 2.31. The molecule has 2 N–H and O–H groups in total. The summed E-state index contributed by atoms with van der Waals surface area (Å²) in [6, 6.07) is 24.3. The van der Waals surface area contributed by atoms with Crippen LogP contribution in [0.4, 0.5) is 11.5 Å². The molecule has 0 spiro atoms. The van der Waals surface area contributed by atoms with Gasteiger partial charge in [-0.3, -0.25) is 9.59 Å². The molecule has 3 aromatic carbocycles. The molecule has 0 unspecified atom stereocenters. The van der Waals surface area contributed by atoms with Gasteiger partial charge in [0, 0.05) is 40.0 Å². The van der Waals surface area contributed by atoms with Gasteiger partial charge in [-0.25, -0.2) is 9.97 Å². The maximum Gasteiger partial charge on any atom is 0.162 e. The molecular weight excluding hydrogens is 400 g/mol. The van der Waals surface area contributed by atoms with E-state index < -0.39 is 0 Å². The molecule has 4 aromatic rings. The molecule has 0 aliphatic rings. The average molecular weight is 422 g/mol. The lowest BCUT2D eigenvalue weighted by molar-refractivity contribution is 0.111. The fraction of sp³-hybridized carbons (Fsp3) is 0.0769. The molecule has 0 atom stereocenters. The van der Waals surface area contributed by atoms with E-state index in [-0.39, 0.29) is 0 Å². The minimum Gasteiger partial charge on any atom is -0.340 e. The van der Waals surface area contributed by atoms with Crippen LogP contribution in [0.5, 0.6) is 0 Å². The van der Waals surface area contributed by atoms with E-state index in [9.17, 15) is 9.59 Å². The maximum absolute atomic E-state index is 11.1. The van der Waals surface area contributed by atoms with Gasteiger partial charge < -0.3 is 10.6 Å². The Kier molecular flexibility index (Phi) is 6.43. The summed E-state index contributed by atoms with van der Waals surface area (Å²) in [7, 11) is 1.87. The number of nitrogens with zero attached hydrogens (tertiary/aromatic N) is 2. The van der Waals surface area contributed by atoms with Gasteiger partial charge in [-0.05, 0) is 19.2 Å². The first-order valence-electron chi connectivity index (χ1n) is 10.2. The first kappa shape index (κ1) is 21.1. The minimum absolute atomic E-state index is 0.537. The summed E-state index contributed by atoms with van der Waals surface area (Å²) < 4.78 is 0. The Morgan fingerprint density at radius 2 is 1.34 bits per heavy atom. The van der Waals surface area contributed by atoms with Crippen molar-refractivity contribution in [2.75, 3.05) is 12.4 Å². The number of carbonyl (C=O) groups excluding carboxylic acids is 2. The van der Waals surface area contributed by atoms with E-state index in [0.717, 1.165) is 40.6 Å². The van der Waals surface area contributed by atoms with Gasteiger partial charge >= 0.3 is 0 Å². The Balaban J connectivity index is 1.90. The number of benzene rings is 3. The molecule has 0 amide bonds. The van der Waals surface area contributed by atoms with Gasteiger partial charge in [-0.15, -0.1) is 0 Å². The zero-order chi connectivity index (χ0) is 22.3. The third-order valence-electron chi connectivity index (χ3n) is 5.02. The zero-order valence-electron chi connectivity index (χ0n) is 17.6. The van der Waals surface area contributed by atoms with Gasteiger partial charge in [0.15, 0.2) is 5.82 Å². The van der Waals surface area contributed by atoms with Gasteiger partial charge in [-0.1, -0.05) is 66.7 Å². The van der Waals surface area contributed by atoms with Crippen molar-refractivity contribution in [3.8, 4) is 22.6 Å². The lowest BCUT2D eigenvalue weighted by atomic mass is 10.0. The summed E-state index contributed by atoms with van der Waals surface area (Å²) in [5, 5.41) is 6.62. The van der Waals surface area contributed by atoms with E-state index in [1.807, 2.05) is 61.6 Å². The van der Waals surface area contributed by atoms with E-state index in [1.54, 1.807) is 24.3 Å². The van der Waals surface area contributed by atoms with Crippen LogP contribution in [0.1, 0.15) is 26.3 Å². The highest BCUT2D eigenvalue weighted by molar-refractivity contribution is 5.80. The number of hydrogen-bond donors (Lipinski definition) is 2. The molecule has 1 heterocycles. The highest BCUT2D eigenvalue weighted by atomic mass is 16.1. The smallest absolute Gasteiger partial charge is 0.162 e. The molecule has 6 nitrogen and oxygen atoms in total. The molecule has 0 fully saturated rings. The van der Waals surface area contributed by atoms with E-state index >= 15 is 0 Å². The SMILES string of the molecule is CNCc1c(Nc2ccccc2)nc(-c2ccc(C=O)cc2)nc1-c1ccc(C=O)cc1. The predicted octanol–water partition coefficient (Wildman–Crippen LogP) is 4.90. The number of aldehydes is 2. The first-order valence-corrected chi connectivity index (χ1v) is 10.2. The Morgan fingerprint density at radius 3 is 1.91 bits per heavy atom. The van der Waals surface area contributed by atoms with E-state index in [0.29, 0.717) is 29.3 Å². The first-order chi connectivity index (χ1) is 15.7. The molecule has 158 valence electrons. The summed E-state index contributed by atoms with van der Waals surface area (Å²) in [6.07, 6.45) is 1.63. The number of aromatic nitrogens is 2. The lowest BCUT2D eigenvalue weighted by Crippen LogP contribution is -2.12. The van der Waals surface area contributed by atoms with E-state index in [2.05, 4.69) is 10.6 Å². The molecular formula is C26H22N4O2. The Hall–Kier alpha value is -4.16. The van der Waals surface area contributed by atoms with Crippen LogP contribution in [-0.4, -0.2) is 29.6 Å². The number of hydrogen-bond acceptors (Lipinski definition) is 6. The largest absolute Gasteiger partial charge is 0.340 e. The van der Waals surface area contributed by atoms with Crippen molar-refractivity contribution >= 4 is 24.1 Å². The summed E-state index contributed by atoms with van der Waals surface area (Å²) in [5.41, 5.74) is 5.45. The van der Waals surface area contributed by atoms with Crippen molar-refractivity contribution in [1.82, 2.24) is 15.3 Å². The van der Waals surface area contributed by atoms with Gasteiger partial charge in [0.25, 0.3) is 0 Å². The van der Waals surface area contributed by atoms with Gasteiger partial charge in [0.1, 0.15) is 18.4 Å². The molecule has 0 saturated carbocycles. The number of nitrogens with one attached hydrogen (secondary N) is 2. The maximum atomic E-state index is 11.1. The fourth-order valence-electron chi connectivity index (χ4n) is 3.39. The third-order valence-corrected chi connectivity index (χ3v) is 5.02. The predicted molar refractivity (Wildman–Crippen MR) is 126 cm³/mol. The van der Waals surface area contributed by atoms with Crippen molar-refractivity contribution in [1.29, 1.82) is 0 Å². The molecule has 0 saturated heterocycles. The van der Waals surface area contributed by atoms with Crippen molar-refractivity contribution in [2.24, 2.45) is 0 Å². The standard InChI is InChI=1S/C26H22N4O2/c1-27-15-23-24(20-11-7-18(16-31)8-12-20)29-25(21-13-9-19(17-32)10-14-21)30-26(23)28-22-5-3-2-4-6-22/h2-14,16-17,27H,15H2,1H3,(H,28,29,30). The van der Waals surface area contributed by atoms with Crippen LogP contribution in [0, 0.1) is 0 Å². The summed E-state index contributed by atoms with van der Waals surface area (Å²) >= 11 is 0. The van der Waals surface area contributed by atoms with Crippen molar-refractivity contribution < 1.29 is 9.59 Å². The normalized spacial score (nSPS) is 10.5. The summed E-state index contributed by atoms with van der Waals surface area (Å²) in [4.78, 5) is 31.9. The van der Waals surface area contributed by atoms with Gasteiger partial charge in [0.05, 0.1) is 5.69 Å². The van der Waals surface area contributed by atoms with Crippen molar-refractivity contribution in [2.45, 2.75) is 6.54 Å². The van der Waals surface area contributed by atoms with Gasteiger partial charge in [-0.2, -0.15) is 0 Å². The molecule has 0 aliphatic heterocycles. The molecule has 1 aromatic heterocycles. The number of carbonyl (C=O) groups is 2. The number of rotatable bonds is 8. The Morgan fingerprint density at radius 1 is 0.750 bits per heavy atom. The van der Waals surface area contributed by atoms with Crippen molar-refractivity contribution in [3.05, 3.63) is 95.6 Å². The molecule has 0 bridgehead atoms. The fourth-order valence-corrected chi connectivity index (χ4v) is 3.39.